The highest BCUT2D eigenvalue weighted by Crippen LogP contribution is 2.33. The molecule has 86 valence electrons. The summed E-state index contributed by atoms with van der Waals surface area (Å²) in [6.45, 7) is 3.80. The number of ketones is 1. The first kappa shape index (κ1) is 11.3. The topological polar surface area (TPSA) is 17.1 Å². The maximum absolute atomic E-state index is 12.3. The van der Waals surface area contributed by atoms with Crippen molar-refractivity contribution in [1.82, 2.24) is 0 Å². The standard InChI is InChI=1S/C14H20NO/c1-14(12-7-5-4-6-8-12)9-10-15(2,3)11-13(14)16/h4-8H,9-11H2,1-3H3/q+1. The molecule has 1 unspecified atom stereocenters. The van der Waals surface area contributed by atoms with Crippen LogP contribution in [0.2, 0.25) is 0 Å². The van der Waals surface area contributed by atoms with E-state index in [0.29, 0.717) is 12.3 Å². The van der Waals surface area contributed by atoms with Gasteiger partial charge < -0.3 is 4.48 Å². The van der Waals surface area contributed by atoms with Crippen LogP contribution in [0.4, 0.5) is 0 Å². The van der Waals surface area contributed by atoms with Crippen molar-refractivity contribution in [2.75, 3.05) is 27.2 Å². The summed E-state index contributed by atoms with van der Waals surface area (Å²) in [4.78, 5) is 12.3. The predicted molar refractivity (Wildman–Crippen MR) is 65.3 cm³/mol. The molecule has 1 aliphatic heterocycles. The number of rotatable bonds is 1. The van der Waals surface area contributed by atoms with Gasteiger partial charge in [0.05, 0.1) is 26.1 Å². The second kappa shape index (κ2) is 3.70. The Hall–Kier alpha value is -1.15. The number of carbonyl (C=O) groups excluding carboxylic acids is 1. The lowest BCUT2D eigenvalue weighted by atomic mass is 9.73. The lowest BCUT2D eigenvalue weighted by molar-refractivity contribution is -0.886. The normalized spacial score (nSPS) is 29.1. The van der Waals surface area contributed by atoms with Gasteiger partial charge in [-0.25, -0.2) is 0 Å². The van der Waals surface area contributed by atoms with Crippen molar-refractivity contribution in [3.63, 3.8) is 0 Å². The van der Waals surface area contributed by atoms with Crippen LogP contribution in [-0.4, -0.2) is 37.5 Å². The highest BCUT2D eigenvalue weighted by Gasteiger charge is 2.43. The second-order valence-electron chi connectivity index (χ2n) is 5.69. The Balaban J connectivity index is 2.31. The lowest BCUT2D eigenvalue weighted by Gasteiger charge is -2.41. The Morgan fingerprint density at radius 1 is 1.19 bits per heavy atom. The van der Waals surface area contributed by atoms with Gasteiger partial charge in [0.15, 0.2) is 5.78 Å². The van der Waals surface area contributed by atoms with E-state index in [0.717, 1.165) is 17.4 Å². The summed E-state index contributed by atoms with van der Waals surface area (Å²) < 4.78 is 0.821. The quantitative estimate of drug-likeness (QED) is 0.659. The number of piperidine rings is 1. The van der Waals surface area contributed by atoms with E-state index in [1.807, 2.05) is 18.2 Å². The van der Waals surface area contributed by atoms with Gasteiger partial charge in [-0.05, 0) is 12.5 Å². The van der Waals surface area contributed by atoms with E-state index >= 15 is 0 Å². The van der Waals surface area contributed by atoms with Gasteiger partial charge in [0, 0.05) is 6.42 Å². The molecule has 1 atom stereocenters. The molecule has 0 aliphatic carbocycles. The van der Waals surface area contributed by atoms with Crippen molar-refractivity contribution in [2.24, 2.45) is 0 Å². The number of quaternary nitrogens is 1. The summed E-state index contributed by atoms with van der Waals surface area (Å²) in [5, 5.41) is 0. The van der Waals surface area contributed by atoms with Crippen molar-refractivity contribution >= 4 is 5.78 Å². The van der Waals surface area contributed by atoms with E-state index in [1.54, 1.807) is 0 Å². The molecule has 1 fully saturated rings. The van der Waals surface area contributed by atoms with Gasteiger partial charge in [0.25, 0.3) is 0 Å². The van der Waals surface area contributed by atoms with Crippen LogP contribution in [0.5, 0.6) is 0 Å². The SMILES string of the molecule is CC1(c2ccccc2)CC[N+](C)(C)CC1=O. The van der Waals surface area contributed by atoms with E-state index in [4.69, 9.17) is 0 Å². The third-order valence-corrected chi connectivity index (χ3v) is 3.82. The Morgan fingerprint density at radius 2 is 1.81 bits per heavy atom. The second-order valence-corrected chi connectivity index (χ2v) is 5.69. The van der Waals surface area contributed by atoms with Crippen molar-refractivity contribution < 1.29 is 9.28 Å². The molecule has 0 aromatic heterocycles. The number of likely N-dealkylation sites (N-methyl/N-ethyl adjacent to an activating group) is 1. The molecule has 16 heavy (non-hydrogen) atoms. The van der Waals surface area contributed by atoms with Crippen molar-refractivity contribution in [3.05, 3.63) is 35.9 Å². The minimum atomic E-state index is -0.269. The molecule has 0 N–H and O–H groups in total. The summed E-state index contributed by atoms with van der Waals surface area (Å²) >= 11 is 0. The number of hydrogen-bond donors (Lipinski definition) is 0. The molecule has 0 radical (unpaired) electrons. The molecular formula is C14H20NO+. The average molecular weight is 218 g/mol. The fourth-order valence-corrected chi connectivity index (χ4v) is 2.42. The van der Waals surface area contributed by atoms with Gasteiger partial charge >= 0.3 is 0 Å². The number of benzene rings is 1. The van der Waals surface area contributed by atoms with Gasteiger partial charge in [-0.2, -0.15) is 0 Å². The molecule has 1 heterocycles. The number of nitrogens with zero attached hydrogens (tertiary/aromatic N) is 1. The molecule has 2 heteroatoms. The zero-order valence-electron chi connectivity index (χ0n) is 10.4. The third kappa shape index (κ3) is 1.90. The van der Waals surface area contributed by atoms with Crippen LogP contribution in [0.15, 0.2) is 30.3 Å². The van der Waals surface area contributed by atoms with Crippen LogP contribution in [0.1, 0.15) is 18.9 Å². The minimum Gasteiger partial charge on any atom is -0.322 e. The highest BCUT2D eigenvalue weighted by atomic mass is 16.1. The first-order valence-electron chi connectivity index (χ1n) is 5.85. The summed E-state index contributed by atoms with van der Waals surface area (Å²) in [7, 11) is 4.25. The van der Waals surface area contributed by atoms with Gasteiger partial charge in [-0.15, -0.1) is 0 Å². The molecular weight excluding hydrogens is 198 g/mol. The van der Waals surface area contributed by atoms with Crippen molar-refractivity contribution in [1.29, 1.82) is 0 Å². The minimum absolute atomic E-state index is 0.269. The van der Waals surface area contributed by atoms with E-state index in [9.17, 15) is 4.79 Å². The molecule has 1 aromatic carbocycles. The van der Waals surface area contributed by atoms with E-state index in [1.165, 1.54) is 5.56 Å². The van der Waals surface area contributed by atoms with Crippen LogP contribution < -0.4 is 0 Å². The molecule has 1 aliphatic rings. The van der Waals surface area contributed by atoms with Crippen LogP contribution in [0, 0.1) is 0 Å². The van der Waals surface area contributed by atoms with E-state index in [-0.39, 0.29) is 5.41 Å². The number of hydrogen-bond acceptors (Lipinski definition) is 1. The molecule has 1 aromatic rings. The van der Waals surface area contributed by atoms with Gasteiger partial charge in [0.1, 0.15) is 6.54 Å². The van der Waals surface area contributed by atoms with Crippen LogP contribution >= 0.6 is 0 Å². The maximum Gasteiger partial charge on any atom is 0.197 e. The Kier molecular flexibility index (Phi) is 2.62. The molecule has 1 saturated heterocycles. The molecule has 0 spiro atoms. The third-order valence-electron chi connectivity index (χ3n) is 3.82. The molecule has 0 bridgehead atoms. The fraction of sp³-hybridized carbons (Fsp3) is 0.500. The van der Waals surface area contributed by atoms with Gasteiger partial charge in [-0.1, -0.05) is 30.3 Å². The number of carbonyl (C=O) groups is 1. The molecule has 0 amide bonds. The van der Waals surface area contributed by atoms with Crippen LogP contribution in [-0.2, 0) is 10.2 Å². The van der Waals surface area contributed by atoms with Gasteiger partial charge in [-0.3, -0.25) is 4.79 Å². The van der Waals surface area contributed by atoms with Crippen molar-refractivity contribution in [2.45, 2.75) is 18.8 Å². The molecule has 2 rings (SSSR count). The molecule has 0 saturated carbocycles. The zero-order valence-corrected chi connectivity index (χ0v) is 10.4. The number of Topliss-reactive ketones (excluding diaryl/α,β-unsaturated/α-hetero) is 1. The first-order chi connectivity index (χ1) is 7.44. The predicted octanol–water partition coefficient (Wildman–Crippen LogP) is 1.99. The first-order valence-corrected chi connectivity index (χ1v) is 5.85. The monoisotopic (exact) mass is 218 g/mol. The summed E-state index contributed by atoms with van der Waals surface area (Å²) in [6.07, 6.45) is 0.947. The van der Waals surface area contributed by atoms with E-state index < -0.39 is 0 Å². The maximum atomic E-state index is 12.3. The zero-order chi connectivity index (χ0) is 11.8. The number of likely N-dealkylation sites (tertiary alicyclic amines) is 1. The van der Waals surface area contributed by atoms with Gasteiger partial charge in [0.2, 0.25) is 0 Å². The molecule has 2 nitrogen and oxygen atoms in total. The summed E-state index contributed by atoms with van der Waals surface area (Å²) in [5.41, 5.74) is 0.898. The summed E-state index contributed by atoms with van der Waals surface area (Å²) in [6, 6.07) is 10.2. The Labute approximate surface area is 97.5 Å². The van der Waals surface area contributed by atoms with Crippen molar-refractivity contribution in [3.8, 4) is 0 Å². The summed E-state index contributed by atoms with van der Waals surface area (Å²) in [5.74, 6) is 0.370. The fourth-order valence-electron chi connectivity index (χ4n) is 2.42. The smallest absolute Gasteiger partial charge is 0.197 e. The van der Waals surface area contributed by atoms with E-state index in [2.05, 4.69) is 33.2 Å². The Morgan fingerprint density at radius 3 is 2.38 bits per heavy atom. The van der Waals surface area contributed by atoms with Crippen LogP contribution in [0.25, 0.3) is 0 Å². The average Bonchev–Trinajstić information content (AvgIpc) is 2.25. The largest absolute Gasteiger partial charge is 0.322 e. The highest BCUT2D eigenvalue weighted by molar-refractivity contribution is 5.91. The van der Waals surface area contributed by atoms with Crippen LogP contribution in [0.3, 0.4) is 0 Å². The lowest BCUT2D eigenvalue weighted by Crippen LogP contribution is -2.56. The Bertz CT molecular complexity index is 396.